The minimum atomic E-state index is -0.373. The third kappa shape index (κ3) is 7.22. The van der Waals surface area contributed by atoms with Gasteiger partial charge in [-0.15, -0.1) is 0 Å². The lowest BCUT2D eigenvalue weighted by molar-refractivity contribution is -0.139. The highest BCUT2D eigenvalue weighted by Crippen LogP contribution is 1.99. The summed E-state index contributed by atoms with van der Waals surface area (Å²) in [6.07, 6.45) is 0.697. The average molecular weight is 242 g/mol. The number of esters is 1. The minimum absolute atomic E-state index is 0.0891. The highest BCUT2D eigenvalue weighted by molar-refractivity contribution is 6.30. The van der Waals surface area contributed by atoms with Crippen LogP contribution >= 0.6 is 0 Å². The fourth-order valence-electron chi connectivity index (χ4n) is 0.672. The molecule has 0 saturated heterocycles. The molecule has 0 aliphatic heterocycles. The monoisotopic (exact) mass is 242 g/mol. The Morgan fingerprint density at radius 1 is 1.38 bits per heavy atom. The predicted octanol–water partition coefficient (Wildman–Crippen LogP) is 1.73. The maximum Gasteiger partial charge on any atom is 0.333 e. The van der Waals surface area contributed by atoms with Crippen LogP contribution in [-0.4, -0.2) is 28.3 Å². The Balaban J connectivity index is 3.38. The SMILES string of the molecule is C=C(C)C(=O)OCCC[Si]OC(=O)C(C)C. The lowest BCUT2D eigenvalue weighted by Crippen LogP contribution is -2.15. The van der Waals surface area contributed by atoms with E-state index in [1.54, 1.807) is 20.8 Å². The topological polar surface area (TPSA) is 52.6 Å². The van der Waals surface area contributed by atoms with Gasteiger partial charge in [-0.05, 0) is 19.4 Å². The van der Waals surface area contributed by atoms with Crippen LogP contribution in [0.3, 0.4) is 0 Å². The predicted molar refractivity (Wildman–Crippen MR) is 61.9 cm³/mol. The molecule has 0 aromatic heterocycles. The fourth-order valence-corrected chi connectivity index (χ4v) is 1.44. The molecule has 0 aliphatic rings. The Bertz CT molecular complexity index is 261. The molecular weight excluding hydrogens is 224 g/mol. The van der Waals surface area contributed by atoms with E-state index in [-0.39, 0.29) is 27.6 Å². The quantitative estimate of drug-likeness (QED) is 0.295. The van der Waals surface area contributed by atoms with Crippen molar-refractivity contribution in [1.82, 2.24) is 0 Å². The molecular formula is C11H18O4Si. The second-order valence-corrected chi connectivity index (χ2v) is 4.73. The van der Waals surface area contributed by atoms with Gasteiger partial charge in [0.25, 0.3) is 5.97 Å². The molecule has 4 nitrogen and oxygen atoms in total. The van der Waals surface area contributed by atoms with Crippen molar-refractivity contribution >= 4 is 21.7 Å². The lowest BCUT2D eigenvalue weighted by atomic mass is 10.2. The van der Waals surface area contributed by atoms with Gasteiger partial charge in [0.15, 0.2) is 0 Å². The molecule has 0 atom stereocenters. The van der Waals surface area contributed by atoms with Gasteiger partial charge in [0.05, 0.1) is 6.61 Å². The van der Waals surface area contributed by atoms with Gasteiger partial charge in [0, 0.05) is 11.5 Å². The Morgan fingerprint density at radius 3 is 2.50 bits per heavy atom. The Hall–Kier alpha value is -1.10. The number of hydrogen-bond acceptors (Lipinski definition) is 4. The molecule has 0 aromatic rings. The van der Waals surface area contributed by atoms with Crippen LogP contribution in [0.4, 0.5) is 0 Å². The van der Waals surface area contributed by atoms with E-state index in [9.17, 15) is 9.59 Å². The molecule has 0 aromatic carbocycles. The van der Waals surface area contributed by atoms with Crippen LogP contribution in [0.1, 0.15) is 27.2 Å². The standard InChI is InChI=1S/C11H18O4Si/c1-8(2)10(12)14-6-5-7-16-15-11(13)9(3)4/h9H,1,5-7H2,2-4H3. The highest BCUT2D eigenvalue weighted by Gasteiger charge is 2.08. The molecule has 0 saturated carbocycles. The summed E-state index contributed by atoms with van der Waals surface area (Å²) in [5, 5.41) is 0. The van der Waals surface area contributed by atoms with Crippen LogP contribution < -0.4 is 0 Å². The Morgan fingerprint density at radius 2 is 2.00 bits per heavy atom. The third-order valence-corrected chi connectivity index (χ3v) is 2.55. The molecule has 0 unspecified atom stereocenters. The van der Waals surface area contributed by atoms with Gasteiger partial charge >= 0.3 is 15.7 Å². The minimum Gasteiger partial charge on any atom is -0.516 e. The van der Waals surface area contributed by atoms with Crippen LogP contribution in [0.25, 0.3) is 0 Å². The van der Waals surface area contributed by atoms with Crippen LogP contribution in [0, 0.1) is 5.92 Å². The zero-order valence-corrected chi connectivity index (χ0v) is 11.0. The molecule has 0 amide bonds. The van der Waals surface area contributed by atoms with Gasteiger partial charge in [-0.25, -0.2) is 4.79 Å². The zero-order valence-electron chi connectivity index (χ0n) is 10.0. The normalized spacial score (nSPS) is 10.0. The van der Waals surface area contributed by atoms with Crippen molar-refractivity contribution in [1.29, 1.82) is 0 Å². The molecule has 5 heteroatoms. The maximum atomic E-state index is 11.1. The first-order chi connectivity index (χ1) is 7.45. The fraction of sp³-hybridized carbons (Fsp3) is 0.636. The van der Waals surface area contributed by atoms with Crippen molar-refractivity contribution in [3.8, 4) is 0 Å². The maximum absolute atomic E-state index is 11.1. The molecule has 2 radical (unpaired) electrons. The molecule has 0 spiro atoms. The first kappa shape index (κ1) is 14.9. The molecule has 0 rings (SSSR count). The van der Waals surface area contributed by atoms with Gasteiger partial charge in [0.1, 0.15) is 0 Å². The van der Waals surface area contributed by atoms with Crippen molar-refractivity contribution in [2.45, 2.75) is 33.2 Å². The van der Waals surface area contributed by atoms with Gasteiger partial charge in [0.2, 0.25) is 0 Å². The summed E-state index contributed by atoms with van der Waals surface area (Å²) in [5.74, 6) is -0.645. The summed E-state index contributed by atoms with van der Waals surface area (Å²) in [7, 11) is 0.140. The van der Waals surface area contributed by atoms with Crippen LogP contribution in [0.5, 0.6) is 0 Å². The molecule has 0 bridgehead atoms. The van der Waals surface area contributed by atoms with Crippen molar-refractivity contribution in [2.24, 2.45) is 5.92 Å². The van der Waals surface area contributed by atoms with E-state index in [0.29, 0.717) is 18.6 Å². The second kappa shape index (κ2) is 8.10. The summed E-state index contributed by atoms with van der Waals surface area (Å²) in [4.78, 5) is 22.0. The molecule has 0 N–H and O–H groups in total. The number of hydrogen-bond donors (Lipinski definition) is 0. The molecule has 16 heavy (non-hydrogen) atoms. The average Bonchev–Trinajstić information content (AvgIpc) is 2.21. The van der Waals surface area contributed by atoms with E-state index in [0.717, 1.165) is 6.04 Å². The smallest absolute Gasteiger partial charge is 0.333 e. The van der Waals surface area contributed by atoms with E-state index >= 15 is 0 Å². The number of ether oxygens (including phenoxy) is 1. The van der Waals surface area contributed by atoms with E-state index in [1.165, 1.54) is 0 Å². The summed E-state index contributed by atoms with van der Waals surface area (Å²) < 4.78 is 9.87. The Labute approximate surface area is 98.9 Å². The highest BCUT2D eigenvalue weighted by atomic mass is 28.2. The van der Waals surface area contributed by atoms with Crippen molar-refractivity contribution in [3.05, 3.63) is 12.2 Å². The second-order valence-electron chi connectivity index (χ2n) is 3.74. The van der Waals surface area contributed by atoms with Crippen LogP contribution in [-0.2, 0) is 18.8 Å². The largest absolute Gasteiger partial charge is 0.516 e. The number of rotatable bonds is 7. The van der Waals surface area contributed by atoms with Gasteiger partial charge in [-0.2, -0.15) is 0 Å². The molecule has 0 fully saturated rings. The Kier molecular flexibility index (Phi) is 7.54. The lowest BCUT2D eigenvalue weighted by Gasteiger charge is -2.06. The number of carbonyl (C=O) groups excluding carboxylic acids is 2. The van der Waals surface area contributed by atoms with Gasteiger partial charge in [-0.1, -0.05) is 20.4 Å². The van der Waals surface area contributed by atoms with E-state index < -0.39 is 0 Å². The van der Waals surface area contributed by atoms with E-state index in [4.69, 9.17) is 9.16 Å². The van der Waals surface area contributed by atoms with Crippen molar-refractivity contribution in [2.75, 3.05) is 6.61 Å². The summed E-state index contributed by atoms with van der Waals surface area (Å²) in [6.45, 7) is 9.01. The first-order valence-electron chi connectivity index (χ1n) is 5.21. The van der Waals surface area contributed by atoms with Gasteiger partial charge < -0.3 is 9.16 Å². The van der Waals surface area contributed by atoms with Crippen molar-refractivity contribution in [3.63, 3.8) is 0 Å². The summed E-state index contributed by atoms with van der Waals surface area (Å²) >= 11 is 0. The zero-order chi connectivity index (χ0) is 12.6. The summed E-state index contributed by atoms with van der Waals surface area (Å²) in [5.41, 5.74) is 0.397. The number of carbonyl (C=O) groups is 2. The molecule has 90 valence electrons. The van der Waals surface area contributed by atoms with Crippen LogP contribution in [0.15, 0.2) is 12.2 Å². The van der Waals surface area contributed by atoms with E-state index in [2.05, 4.69) is 6.58 Å². The van der Waals surface area contributed by atoms with Gasteiger partial charge in [-0.3, -0.25) is 4.79 Å². The first-order valence-corrected chi connectivity index (χ1v) is 6.33. The summed E-state index contributed by atoms with van der Waals surface area (Å²) in [6, 6.07) is 0.724. The molecule has 0 heterocycles. The van der Waals surface area contributed by atoms with Crippen molar-refractivity contribution < 1.29 is 18.8 Å². The van der Waals surface area contributed by atoms with E-state index in [1.807, 2.05) is 0 Å². The molecule has 0 aliphatic carbocycles. The third-order valence-electron chi connectivity index (χ3n) is 1.65. The van der Waals surface area contributed by atoms with Crippen LogP contribution in [0.2, 0.25) is 6.04 Å².